The van der Waals surface area contributed by atoms with Gasteiger partial charge in [0.25, 0.3) is 11.8 Å². The first-order valence-electron chi connectivity index (χ1n) is 28.4. The van der Waals surface area contributed by atoms with Crippen LogP contribution in [0.25, 0.3) is 0 Å². The maximum atomic E-state index is 15.6. The summed E-state index contributed by atoms with van der Waals surface area (Å²) in [6.07, 6.45) is 1.43. The molecule has 3 aliphatic heterocycles. The number of nitrogens with zero attached hydrogens (tertiary/aromatic N) is 4. The Balaban J connectivity index is 0.926. The maximum Gasteiger partial charge on any atom is 0.410 e. The van der Waals surface area contributed by atoms with Gasteiger partial charge in [-0.15, -0.1) is 23.1 Å². The Hall–Kier alpha value is -9.57. The molecule has 0 saturated carbocycles. The summed E-state index contributed by atoms with van der Waals surface area (Å²) in [6.45, 7) is 0.895. The molecule has 3 amide bonds. The molecule has 424 valence electrons. The van der Waals surface area contributed by atoms with Crippen LogP contribution in [0.2, 0.25) is 0 Å². The number of oxime groups is 1. The average Bonchev–Trinajstić information content (AvgIpc) is 1.64. The normalized spacial score (nSPS) is 16.2. The van der Waals surface area contributed by atoms with Gasteiger partial charge in [-0.05, 0) is 47.1 Å². The second-order valence-electron chi connectivity index (χ2n) is 20.8. The van der Waals surface area contributed by atoms with Gasteiger partial charge in [0.1, 0.15) is 35.0 Å². The number of rotatable bonds is 19. The van der Waals surface area contributed by atoms with E-state index in [0.717, 1.165) is 63.8 Å². The fourth-order valence-electron chi connectivity index (χ4n) is 11.4. The van der Waals surface area contributed by atoms with Crippen LogP contribution >= 0.6 is 23.1 Å². The van der Waals surface area contributed by atoms with Crippen LogP contribution in [0.3, 0.4) is 0 Å². The van der Waals surface area contributed by atoms with Crippen molar-refractivity contribution in [3.63, 3.8) is 0 Å². The van der Waals surface area contributed by atoms with Crippen LogP contribution in [0.15, 0.2) is 264 Å². The van der Waals surface area contributed by atoms with Gasteiger partial charge < -0.3 is 29.8 Å². The molecule has 85 heavy (non-hydrogen) atoms. The Kier molecular flexibility index (Phi) is 16.8. The smallest absolute Gasteiger partial charge is 0.410 e. The number of likely N-dealkylation sites (tertiary alicyclic amines) is 1. The number of anilines is 1. The molecule has 3 aliphatic rings. The third-order valence-electron chi connectivity index (χ3n) is 15.6. The molecule has 2 fully saturated rings. The summed E-state index contributed by atoms with van der Waals surface area (Å²) in [6, 6.07) is 77.1. The number of aromatic nitrogens is 1. The lowest BCUT2D eigenvalue weighted by molar-refractivity contribution is -0.154. The van der Waals surface area contributed by atoms with Crippen molar-refractivity contribution in [2.45, 2.75) is 47.9 Å². The quantitative estimate of drug-likeness (QED) is 0.0263. The fourth-order valence-corrected chi connectivity index (χ4v) is 13.5. The molecule has 0 bridgehead atoms. The van der Waals surface area contributed by atoms with Gasteiger partial charge >= 0.3 is 12.1 Å². The molecule has 1 unspecified atom stereocenters. The lowest BCUT2D eigenvalue weighted by Gasteiger charge is -2.49. The minimum absolute atomic E-state index is 0.0351. The standard InChI is InChI=1S/C70H60N6O7S2/c77-63(72-60-64(78)76-61(51(47-84-65(60)76)46-81-68(80)75-44-26-9-27-45-75)66(79)82-62(49-28-10-1-11-29-49)50-30-12-2-13-31-50)59(74-83-70(55-38-20-6-21-39-55,56-40-22-7-23-41-56)57-42-24-8-25-43-57)58-48-85-67(71-58)73-69(52-32-14-3-15-33-52,53-34-16-4-17-35-53)54-36-18-5-19-37-54/h1-8,10-25,28-43,48,60,62,65H,9,26-27,44-47H2,(H,71,73)(H,72,77)/b74-59-/t60?,65-/m1/s1. The second-order valence-corrected chi connectivity index (χ2v) is 22.8. The van der Waals surface area contributed by atoms with Gasteiger partial charge in [0.15, 0.2) is 16.9 Å². The van der Waals surface area contributed by atoms with Crippen LogP contribution in [0, 0.1) is 0 Å². The number of amides is 3. The van der Waals surface area contributed by atoms with Gasteiger partial charge in [0.05, 0.1) is 0 Å². The molecule has 2 atom stereocenters. The molecule has 13 nitrogen and oxygen atoms in total. The van der Waals surface area contributed by atoms with E-state index in [4.69, 9.17) is 24.5 Å². The molecule has 2 N–H and O–H groups in total. The average molecular weight is 1160 g/mol. The van der Waals surface area contributed by atoms with Crippen LogP contribution in [-0.2, 0) is 39.8 Å². The minimum Gasteiger partial charge on any atom is -0.448 e. The van der Waals surface area contributed by atoms with Crippen molar-refractivity contribution in [2.75, 3.05) is 30.8 Å². The van der Waals surface area contributed by atoms with Gasteiger partial charge in [-0.25, -0.2) is 14.6 Å². The number of thiazole rings is 1. The number of thioether (sulfide) groups is 1. The second kappa shape index (κ2) is 25.5. The number of carbonyl (C=O) groups excluding carboxylic acids is 4. The zero-order valence-electron chi connectivity index (χ0n) is 46.3. The summed E-state index contributed by atoms with van der Waals surface area (Å²) < 4.78 is 12.3. The van der Waals surface area contributed by atoms with E-state index in [1.165, 1.54) is 28.0 Å². The topological polar surface area (TPSA) is 152 Å². The lowest BCUT2D eigenvalue weighted by atomic mass is 9.77. The molecule has 9 aromatic rings. The van der Waals surface area contributed by atoms with E-state index in [1.54, 1.807) is 10.3 Å². The van der Waals surface area contributed by atoms with Gasteiger partial charge in [0.2, 0.25) is 5.60 Å². The van der Waals surface area contributed by atoms with Crippen LogP contribution in [0.5, 0.6) is 0 Å². The van der Waals surface area contributed by atoms with Crippen molar-refractivity contribution in [2.24, 2.45) is 5.16 Å². The highest BCUT2D eigenvalue weighted by molar-refractivity contribution is 8.00. The van der Waals surface area contributed by atoms with Crippen LogP contribution in [-0.4, -0.2) is 81.2 Å². The van der Waals surface area contributed by atoms with Gasteiger partial charge in [0, 0.05) is 46.5 Å². The highest BCUT2D eigenvalue weighted by atomic mass is 32.2. The Morgan fingerprint density at radius 1 is 0.600 bits per heavy atom. The van der Waals surface area contributed by atoms with Crippen molar-refractivity contribution in [3.8, 4) is 0 Å². The lowest BCUT2D eigenvalue weighted by Crippen LogP contribution is -2.71. The molecule has 8 aromatic carbocycles. The SMILES string of the molecule is O=C(OC(c1ccccc1)c1ccccc1)C1=C(COC(=O)N2CCCCC2)CS[C@@H]2C(NC(=O)/C(=N\OC(c3ccccc3)(c3ccccc3)c3ccccc3)c3csc(NC(c4ccccc4)(c4ccccc4)c4ccccc4)n3)C(=O)N12. The third kappa shape index (κ3) is 11.5. The summed E-state index contributed by atoms with van der Waals surface area (Å²) in [5, 5.41) is 13.2. The van der Waals surface area contributed by atoms with Crippen molar-refractivity contribution in [1.82, 2.24) is 20.1 Å². The summed E-state index contributed by atoms with van der Waals surface area (Å²) in [5.74, 6) is -1.91. The van der Waals surface area contributed by atoms with Crippen LogP contribution in [0.4, 0.5) is 9.93 Å². The minimum atomic E-state index is -1.40. The summed E-state index contributed by atoms with van der Waals surface area (Å²) in [5.41, 5.74) is 4.49. The predicted octanol–water partition coefficient (Wildman–Crippen LogP) is 12.9. The molecule has 2 saturated heterocycles. The highest BCUT2D eigenvalue weighted by Crippen LogP contribution is 2.45. The Morgan fingerprint density at radius 3 is 1.52 bits per heavy atom. The van der Waals surface area contributed by atoms with Crippen molar-refractivity contribution >= 4 is 57.8 Å². The molecule has 0 radical (unpaired) electrons. The number of fused-ring (bicyclic) bond motifs is 1. The number of piperidine rings is 1. The number of ether oxygens (including phenoxy) is 2. The molecule has 0 aliphatic carbocycles. The van der Waals surface area contributed by atoms with Gasteiger partial charge in [-0.2, -0.15) is 0 Å². The van der Waals surface area contributed by atoms with Gasteiger partial charge in [-0.1, -0.05) is 248 Å². The van der Waals surface area contributed by atoms with E-state index in [9.17, 15) is 4.79 Å². The Labute approximate surface area is 502 Å². The third-order valence-corrected chi connectivity index (χ3v) is 17.7. The first kappa shape index (κ1) is 55.9. The van der Waals surface area contributed by atoms with E-state index in [1.807, 2.05) is 206 Å². The molecular formula is C70H60N6O7S2. The summed E-state index contributed by atoms with van der Waals surface area (Å²) in [7, 11) is 0. The number of β-lactam (4-membered cyclic amide) rings is 1. The Bertz CT molecular complexity index is 3590. The monoisotopic (exact) mass is 1160 g/mol. The number of nitrogens with one attached hydrogen (secondary N) is 2. The van der Waals surface area contributed by atoms with Crippen molar-refractivity contribution in [3.05, 3.63) is 310 Å². The molecule has 1 aromatic heterocycles. The van der Waals surface area contributed by atoms with E-state index in [2.05, 4.69) is 47.0 Å². The predicted molar refractivity (Wildman–Crippen MR) is 331 cm³/mol. The number of hydrogen-bond acceptors (Lipinski definition) is 12. The first-order valence-corrected chi connectivity index (χ1v) is 30.3. The number of carbonyl (C=O) groups is 4. The molecule has 12 rings (SSSR count). The van der Waals surface area contributed by atoms with E-state index in [-0.39, 0.29) is 29.5 Å². The number of benzene rings is 8. The van der Waals surface area contributed by atoms with Crippen molar-refractivity contribution in [1.29, 1.82) is 0 Å². The van der Waals surface area contributed by atoms with Crippen LogP contribution < -0.4 is 10.6 Å². The molecule has 15 heteroatoms. The largest absolute Gasteiger partial charge is 0.448 e. The van der Waals surface area contributed by atoms with E-state index >= 15 is 14.4 Å². The van der Waals surface area contributed by atoms with Crippen molar-refractivity contribution < 1.29 is 33.5 Å². The summed E-state index contributed by atoms with van der Waals surface area (Å²) in [4.78, 5) is 74.3. The fraction of sp³-hybridized carbons (Fsp3) is 0.171. The number of esters is 1. The Morgan fingerprint density at radius 2 is 1.05 bits per heavy atom. The van der Waals surface area contributed by atoms with Crippen LogP contribution in [0.1, 0.15) is 75.6 Å². The summed E-state index contributed by atoms with van der Waals surface area (Å²) >= 11 is 2.63. The molecule has 0 spiro atoms. The first-order chi connectivity index (χ1) is 41.8. The van der Waals surface area contributed by atoms with E-state index < -0.39 is 52.5 Å². The van der Waals surface area contributed by atoms with E-state index in [0.29, 0.717) is 23.8 Å². The highest BCUT2D eigenvalue weighted by Gasteiger charge is 2.55. The number of hydrogen-bond donors (Lipinski definition) is 2. The molecular weight excluding hydrogens is 1100 g/mol. The zero-order valence-corrected chi connectivity index (χ0v) is 47.9. The molecule has 4 heterocycles. The maximum absolute atomic E-state index is 15.6. The van der Waals surface area contributed by atoms with Gasteiger partial charge in [-0.3, -0.25) is 14.5 Å². The zero-order chi connectivity index (χ0) is 58.0.